The molecular formula is C33H40BrN5O3. The second-order valence-electron chi connectivity index (χ2n) is 12.2. The maximum Gasteiger partial charge on any atom is 0.410 e. The molecule has 9 heteroatoms. The molecule has 2 aromatic carbocycles. The Morgan fingerprint density at radius 3 is 2.50 bits per heavy atom. The zero-order valence-corrected chi connectivity index (χ0v) is 26.9. The van der Waals surface area contributed by atoms with Gasteiger partial charge in [-0.15, -0.1) is 0 Å². The molecular weight excluding hydrogens is 594 g/mol. The summed E-state index contributed by atoms with van der Waals surface area (Å²) in [6, 6.07) is 13.1. The van der Waals surface area contributed by atoms with E-state index in [1.165, 1.54) is 5.56 Å². The van der Waals surface area contributed by atoms with Crippen molar-refractivity contribution < 1.29 is 14.1 Å². The lowest BCUT2D eigenvalue weighted by atomic mass is 9.93. The molecule has 0 unspecified atom stereocenters. The van der Waals surface area contributed by atoms with Gasteiger partial charge >= 0.3 is 6.09 Å². The summed E-state index contributed by atoms with van der Waals surface area (Å²) < 4.78 is 14.1. The zero-order chi connectivity index (χ0) is 30.0. The number of hydrogen-bond donors (Lipinski definition) is 0. The smallest absolute Gasteiger partial charge is 0.410 e. The average molecular weight is 635 g/mol. The first-order chi connectivity index (χ1) is 20.0. The van der Waals surface area contributed by atoms with Gasteiger partial charge in [0, 0.05) is 53.4 Å². The molecule has 8 nitrogen and oxygen atoms in total. The minimum atomic E-state index is -0.480. The number of anilines is 2. The fourth-order valence-corrected chi connectivity index (χ4v) is 6.23. The lowest BCUT2D eigenvalue weighted by Crippen LogP contribution is -2.42. The molecule has 1 aliphatic heterocycles. The fraction of sp³-hybridized carbons (Fsp3) is 0.424. The van der Waals surface area contributed by atoms with Crippen molar-refractivity contribution in [1.82, 2.24) is 19.6 Å². The molecule has 1 fully saturated rings. The van der Waals surface area contributed by atoms with Gasteiger partial charge in [-0.3, -0.25) is 0 Å². The van der Waals surface area contributed by atoms with E-state index in [2.05, 4.69) is 74.3 Å². The van der Waals surface area contributed by atoms with Crippen LogP contribution in [0.3, 0.4) is 0 Å². The molecule has 1 aliphatic rings. The number of nitrogens with zero attached hydrogens (tertiary/aromatic N) is 5. The van der Waals surface area contributed by atoms with Crippen LogP contribution in [-0.2, 0) is 4.74 Å². The normalized spacial score (nSPS) is 14.3. The molecule has 1 saturated heterocycles. The molecule has 0 spiro atoms. The molecule has 1 amide bonds. The number of piperidine rings is 1. The first-order valence-electron chi connectivity index (χ1n) is 14.6. The number of hydrogen-bond acceptors (Lipinski definition) is 6. The van der Waals surface area contributed by atoms with Crippen LogP contribution >= 0.6 is 15.9 Å². The number of likely N-dealkylation sites (tertiary alicyclic amines) is 1. The summed E-state index contributed by atoms with van der Waals surface area (Å²) in [5.41, 5.74) is 7.03. The number of aromatic nitrogens is 3. The monoisotopic (exact) mass is 633 g/mol. The van der Waals surface area contributed by atoms with Crippen LogP contribution in [0.4, 0.5) is 16.2 Å². The standard InChI is InChI=1S/C33H40BrN5O3/c1-22-7-8-26(31-23(2)36-42-24(31)3)19-30(22)39(27-9-10-29(28(34)20-27)38-18-14-35-21-38)17-13-25-11-15-37(16-12-25)32(40)41-33(4,5)6/h7-10,14,18-21,25H,11-13,15-17H2,1-6H3. The van der Waals surface area contributed by atoms with Gasteiger partial charge < -0.3 is 23.6 Å². The Morgan fingerprint density at radius 2 is 1.88 bits per heavy atom. The van der Waals surface area contributed by atoms with Crippen molar-refractivity contribution in [2.75, 3.05) is 24.5 Å². The summed E-state index contributed by atoms with van der Waals surface area (Å²) in [6.07, 6.45) is 8.26. The van der Waals surface area contributed by atoms with Crippen molar-refractivity contribution in [2.45, 2.75) is 66.4 Å². The Balaban J connectivity index is 1.41. The number of imidazole rings is 1. The predicted octanol–water partition coefficient (Wildman–Crippen LogP) is 8.39. The maximum atomic E-state index is 12.6. The summed E-state index contributed by atoms with van der Waals surface area (Å²) in [4.78, 5) is 21.1. The number of carbonyl (C=O) groups excluding carboxylic acids is 1. The SMILES string of the molecule is Cc1ccc(-c2c(C)noc2C)cc1N(CCC1CCN(C(=O)OC(C)(C)C)CC1)c1ccc(-n2ccnc2)c(Br)c1. The Morgan fingerprint density at radius 1 is 1.12 bits per heavy atom. The molecule has 0 bridgehead atoms. The highest BCUT2D eigenvalue weighted by Crippen LogP contribution is 2.37. The number of ether oxygens (including phenoxy) is 1. The van der Waals surface area contributed by atoms with Crippen LogP contribution in [0.15, 0.2) is 64.1 Å². The van der Waals surface area contributed by atoms with Gasteiger partial charge in [-0.05, 0) is 118 Å². The van der Waals surface area contributed by atoms with E-state index in [1.807, 2.05) is 50.3 Å². The maximum absolute atomic E-state index is 12.6. The molecule has 5 rings (SSSR count). The minimum Gasteiger partial charge on any atom is -0.444 e. The van der Waals surface area contributed by atoms with E-state index in [-0.39, 0.29) is 6.09 Å². The lowest BCUT2D eigenvalue weighted by Gasteiger charge is -2.35. The first-order valence-corrected chi connectivity index (χ1v) is 15.4. The highest BCUT2D eigenvalue weighted by atomic mass is 79.9. The van der Waals surface area contributed by atoms with Crippen LogP contribution in [0.1, 0.15) is 57.1 Å². The van der Waals surface area contributed by atoms with Crippen LogP contribution in [0.25, 0.3) is 16.8 Å². The van der Waals surface area contributed by atoms with Crippen LogP contribution in [0.5, 0.6) is 0 Å². The van der Waals surface area contributed by atoms with Gasteiger partial charge in [0.05, 0.1) is 17.7 Å². The number of aryl methyl sites for hydroxylation is 3. The number of benzene rings is 2. The van der Waals surface area contributed by atoms with Crippen LogP contribution in [0, 0.1) is 26.7 Å². The van der Waals surface area contributed by atoms with Crippen LogP contribution in [-0.4, -0.2) is 50.9 Å². The Kier molecular flexibility index (Phi) is 8.78. The van der Waals surface area contributed by atoms with E-state index in [4.69, 9.17) is 9.26 Å². The quantitative estimate of drug-likeness (QED) is 0.203. The van der Waals surface area contributed by atoms with Crippen molar-refractivity contribution in [3.63, 3.8) is 0 Å². The number of carbonyl (C=O) groups is 1. The highest BCUT2D eigenvalue weighted by Gasteiger charge is 2.27. The van der Waals surface area contributed by atoms with Gasteiger partial charge in [-0.25, -0.2) is 9.78 Å². The second kappa shape index (κ2) is 12.3. The second-order valence-corrected chi connectivity index (χ2v) is 13.0. The predicted molar refractivity (Wildman–Crippen MR) is 170 cm³/mol. The number of rotatable bonds is 7. The average Bonchev–Trinajstić information content (AvgIpc) is 3.59. The molecule has 3 heterocycles. The van der Waals surface area contributed by atoms with Gasteiger partial charge in [0.15, 0.2) is 0 Å². The molecule has 4 aromatic rings. The molecule has 222 valence electrons. The van der Waals surface area contributed by atoms with Crippen LogP contribution in [0.2, 0.25) is 0 Å². The van der Waals surface area contributed by atoms with E-state index in [0.717, 1.165) is 83.0 Å². The van der Waals surface area contributed by atoms with E-state index < -0.39 is 5.60 Å². The fourth-order valence-electron chi connectivity index (χ4n) is 5.66. The van der Waals surface area contributed by atoms with Gasteiger partial charge in [0.2, 0.25) is 0 Å². The third-order valence-electron chi connectivity index (χ3n) is 7.87. The Hall–Kier alpha value is -3.59. The van der Waals surface area contributed by atoms with Gasteiger partial charge in [0.25, 0.3) is 0 Å². The van der Waals surface area contributed by atoms with Crippen molar-refractivity contribution in [3.05, 3.63) is 76.6 Å². The molecule has 0 N–H and O–H groups in total. The van der Waals surface area contributed by atoms with Crippen molar-refractivity contribution in [2.24, 2.45) is 5.92 Å². The molecule has 2 aromatic heterocycles. The third-order valence-corrected chi connectivity index (χ3v) is 8.51. The van der Waals surface area contributed by atoms with Crippen LogP contribution < -0.4 is 4.90 Å². The lowest BCUT2D eigenvalue weighted by molar-refractivity contribution is 0.0182. The minimum absolute atomic E-state index is 0.211. The number of amides is 1. The molecule has 42 heavy (non-hydrogen) atoms. The summed E-state index contributed by atoms with van der Waals surface area (Å²) in [6.45, 7) is 14.1. The summed E-state index contributed by atoms with van der Waals surface area (Å²) in [5.74, 6) is 1.34. The highest BCUT2D eigenvalue weighted by molar-refractivity contribution is 9.10. The topological polar surface area (TPSA) is 76.6 Å². The Labute approximate surface area is 256 Å². The summed E-state index contributed by atoms with van der Waals surface area (Å²) in [5, 5.41) is 4.19. The summed E-state index contributed by atoms with van der Waals surface area (Å²) in [7, 11) is 0. The summed E-state index contributed by atoms with van der Waals surface area (Å²) >= 11 is 3.82. The van der Waals surface area contributed by atoms with Gasteiger partial charge in [0.1, 0.15) is 11.4 Å². The van der Waals surface area contributed by atoms with Gasteiger partial charge in [-0.2, -0.15) is 0 Å². The zero-order valence-electron chi connectivity index (χ0n) is 25.4. The molecule has 0 radical (unpaired) electrons. The van der Waals surface area contributed by atoms with E-state index in [9.17, 15) is 4.79 Å². The van der Waals surface area contributed by atoms with E-state index in [0.29, 0.717) is 5.92 Å². The van der Waals surface area contributed by atoms with E-state index >= 15 is 0 Å². The first kappa shape index (κ1) is 29.9. The largest absolute Gasteiger partial charge is 0.444 e. The van der Waals surface area contributed by atoms with Crippen molar-refractivity contribution in [1.29, 1.82) is 0 Å². The van der Waals surface area contributed by atoms with E-state index in [1.54, 1.807) is 12.5 Å². The number of halogens is 1. The van der Waals surface area contributed by atoms with Gasteiger partial charge in [-0.1, -0.05) is 17.3 Å². The van der Waals surface area contributed by atoms with Crippen molar-refractivity contribution in [3.8, 4) is 16.8 Å². The van der Waals surface area contributed by atoms with Crippen molar-refractivity contribution >= 4 is 33.4 Å². The molecule has 0 atom stereocenters. The molecule has 0 saturated carbocycles. The molecule has 0 aliphatic carbocycles. The Bertz CT molecular complexity index is 1510. The third kappa shape index (κ3) is 6.72.